The van der Waals surface area contributed by atoms with Crippen molar-refractivity contribution < 1.29 is 28.6 Å². The Morgan fingerprint density at radius 2 is 2.12 bits per heavy atom. The van der Waals surface area contributed by atoms with Crippen LogP contribution >= 0.6 is 0 Å². The van der Waals surface area contributed by atoms with Crippen LogP contribution in [0, 0.1) is 11.3 Å². The van der Waals surface area contributed by atoms with Crippen molar-refractivity contribution in [1.82, 2.24) is 15.0 Å². The van der Waals surface area contributed by atoms with Crippen molar-refractivity contribution in [3.05, 3.63) is 11.4 Å². The molecule has 2 N–H and O–H groups in total. The summed E-state index contributed by atoms with van der Waals surface area (Å²) in [5, 5.41) is 16.5. The largest absolute Gasteiger partial charge is 0.463 e. The number of nitrogens with two attached hydrogens (primary N) is 1. The third-order valence-corrected chi connectivity index (χ3v) is 3.45. The zero-order valence-electron chi connectivity index (χ0n) is 13.7. The number of carbonyl (C=O) groups excluding carboxylic acids is 3. The Balaban J connectivity index is 2.30. The molecule has 11 heteroatoms. The lowest BCUT2D eigenvalue weighted by atomic mass is 10.2. The highest BCUT2D eigenvalue weighted by Gasteiger charge is 2.41. The highest BCUT2D eigenvalue weighted by Crippen LogP contribution is 2.32. The monoisotopic (exact) mass is 351 g/mol. The number of rotatable bonds is 6. The van der Waals surface area contributed by atoms with Crippen LogP contribution in [0.2, 0.25) is 0 Å². The van der Waals surface area contributed by atoms with Gasteiger partial charge in [0.1, 0.15) is 6.61 Å². The lowest BCUT2D eigenvalue weighted by molar-refractivity contribution is -0.153. The first-order valence-corrected chi connectivity index (χ1v) is 7.40. The summed E-state index contributed by atoms with van der Waals surface area (Å²) in [4.78, 5) is 33.7. The number of esters is 2. The van der Waals surface area contributed by atoms with Gasteiger partial charge in [0.15, 0.2) is 18.0 Å². The Kier molecular flexibility index (Phi) is 5.66. The van der Waals surface area contributed by atoms with E-state index in [-0.39, 0.29) is 30.8 Å². The van der Waals surface area contributed by atoms with E-state index < -0.39 is 36.3 Å². The minimum absolute atomic E-state index is 0.0332. The summed E-state index contributed by atoms with van der Waals surface area (Å²) in [6.45, 7) is 2.47. The van der Waals surface area contributed by atoms with E-state index >= 15 is 0 Å². The van der Waals surface area contributed by atoms with E-state index in [1.165, 1.54) is 18.5 Å². The van der Waals surface area contributed by atoms with Crippen LogP contribution in [0.1, 0.15) is 42.7 Å². The van der Waals surface area contributed by atoms with Gasteiger partial charge in [-0.05, 0) is 0 Å². The quantitative estimate of drug-likeness (QED) is 0.649. The summed E-state index contributed by atoms with van der Waals surface area (Å²) < 4.78 is 17.1. The number of hydrogen-bond donors (Lipinski definition) is 1. The van der Waals surface area contributed by atoms with Gasteiger partial charge in [-0.25, -0.2) is 4.68 Å². The van der Waals surface area contributed by atoms with Crippen molar-refractivity contribution in [3.63, 3.8) is 0 Å². The van der Waals surface area contributed by atoms with Crippen LogP contribution in [0.3, 0.4) is 0 Å². The number of carbonyl (C=O) groups is 3. The lowest BCUT2D eigenvalue weighted by Gasteiger charge is -2.19. The molecule has 1 aliphatic heterocycles. The van der Waals surface area contributed by atoms with Gasteiger partial charge in [0.05, 0.1) is 24.3 Å². The molecular formula is C14H17N5O6. The highest BCUT2D eigenvalue weighted by molar-refractivity contribution is 5.91. The van der Waals surface area contributed by atoms with Gasteiger partial charge in [-0.15, -0.1) is 5.10 Å². The Morgan fingerprint density at radius 1 is 1.40 bits per heavy atom. The minimum atomic E-state index is -0.923. The minimum Gasteiger partial charge on any atom is -0.463 e. The van der Waals surface area contributed by atoms with Crippen LogP contribution < -0.4 is 5.73 Å². The average molecular weight is 351 g/mol. The molecule has 3 atom stereocenters. The molecule has 3 unspecified atom stereocenters. The zero-order chi connectivity index (χ0) is 18.6. The Morgan fingerprint density at radius 3 is 2.68 bits per heavy atom. The Hall–Kier alpha value is -3.00. The van der Waals surface area contributed by atoms with Gasteiger partial charge in [-0.1, -0.05) is 5.21 Å². The molecule has 0 aliphatic carbocycles. The van der Waals surface area contributed by atoms with Gasteiger partial charge < -0.3 is 19.9 Å². The van der Waals surface area contributed by atoms with Gasteiger partial charge in [0.25, 0.3) is 5.91 Å². The lowest BCUT2D eigenvalue weighted by Crippen LogP contribution is -2.27. The maximum Gasteiger partial charge on any atom is 0.303 e. The first-order valence-electron chi connectivity index (χ1n) is 7.40. The maximum atomic E-state index is 11.4. The first kappa shape index (κ1) is 18.3. The smallest absolute Gasteiger partial charge is 0.303 e. The van der Waals surface area contributed by atoms with Crippen molar-refractivity contribution >= 4 is 17.8 Å². The molecule has 0 radical (unpaired) electrons. The Bertz CT molecular complexity index is 724. The normalized spacial score (nSPS) is 22.2. The number of hydrogen-bond acceptors (Lipinski definition) is 9. The number of amides is 1. The zero-order valence-corrected chi connectivity index (χ0v) is 13.7. The van der Waals surface area contributed by atoms with E-state index in [0.29, 0.717) is 0 Å². The molecule has 11 nitrogen and oxygen atoms in total. The SMILES string of the molecule is CC(=O)OCC1CC(OC(C)=O)C(n2nnc(C(N)=O)c2CC#N)O1. The Labute approximate surface area is 142 Å². The van der Waals surface area contributed by atoms with Gasteiger partial charge >= 0.3 is 11.9 Å². The topological polar surface area (TPSA) is 159 Å². The van der Waals surface area contributed by atoms with Crippen molar-refractivity contribution in [2.75, 3.05) is 6.61 Å². The average Bonchev–Trinajstić information content (AvgIpc) is 3.09. The number of ether oxygens (including phenoxy) is 3. The van der Waals surface area contributed by atoms with Crippen LogP contribution in [0.5, 0.6) is 0 Å². The molecule has 2 rings (SSSR count). The molecule has 1 amide bonds. The maximum absolute atomic E-state index is 11.4. The van der Waals surface area contributed by atoms with Crippen LogP contribution in [-0.4, -0.2) is 51.7 Å². The summed E-state index contributed by atoms with van der Waals surface area (Å²) >= 11 is 0. The molecular weight excluding hydrogens is 334 g/mol. The summed E-state index contributed by atoms with van der Waals surface area (Å²) in [7, 11) is 0. The molecule has 0 bridgehead atoms. The number of aromatic nitrogens is 3. The molecule has 134 valence electrons. The molecule has 1 aromatic heterocycles. The van der Waals surface area contributed by atoms with Crippen LogP contribution in [0.15, 0.2) is 0 Å². The second kappa shape index (κ2) is 7.71. The fourth-order valence-electron chi connectivity index (χ4n) is 2.52. The summed E-state index contributed by atoms with van der Waals surface area (Å²) in [6.07, 6.45) is -2.16. The molecule has 1 saturated heterocycles. The predicted octanol–water partition coefficient (Wildman–Crippen LogP) is -0.775. The molecule has 0 aromatic carbocycles. The number of primary amides is 1. The van der Waals surface area contributed by atoms with Crippen molar-refractivity contribution in [3.8, 4) is 6.07 Å². The summed E-state index contributed by atoms with van der Waals surface area (Å²) in [5.74, 6) is -1.85. The van der Waals surface area contributed by atoms with Gasteiger partial charge in [0, 0.05) is 20.3 Å². The summed E-state index contributed by atoms with van der Waals surface area (Å²) in [6, 6.07) is 1.89. The standard InChI is InChI=1S/C14H17N5O6/c1-7(20)23-6-9-5-11(24-8(2)21)14(25-9)19-10(3-4-15)12(13(16)22)17-18-19/h9,11,14H,3,5-6H2,1-2H3,(H2,16,22). The third-order valence-electron chi connectivity index (χ3n) is 3.45. The van der Waals surface area contributed by atoms with E-state index in [1.807, 2.05) is 6.07 Å². The number of nitrogens with zero attached hydrogens (tertiary/aromatic N) is 4. The molecule has 1 fully saturated rings. The molecule has 25 heavy (non-hydrogen) atoms. The van der Waals surface area contributed by atoms with Gasteiger partial charge in [-0.2, -0.15) is 5.26 Å². The third kappa shape index (κ3) is 4.30. The molecule has 1 aromatic rings. The summed E-state index contributed by atoms with van der Waals surface area (Å²) in [5.41, 5.74) is 5.23. The van der Waals surface area contributed by atoms with E-state index in [9.17, 15) is 14.4 Å². The van der Waals surface area contributed by atoms with Crippen LogP contribution in [0.4, 0.5) is 0 Å². The fraction of sp³-hybridized carbons (Fsp3) is 0.571. The van der Waals surface area contributed by atoms with E-state index in [0.717, 1.165) is 0 Å². The van der Waals surface area contributed by atoms with Crippen LogP contribution in [0.25, 0.3) is 0 Å². The number of nitriles is 1. The predicted molar refractivity (Wildman–Crippen MR) is 78.6 cm³/mol. The fourth-order valence-corrected chi connectivity index (χ4v) is 2.52. The van der Waals surface area contributed by atoms with Crippen LogP contribution in [-0.2, 0) is 30.2 Å². The molecule has 0 saturated carbocycles. The van der Waals surface area contributed by atoms with Gasteiger partial charge in [-0.3, -0.25) is 14.4 Å². The highest BCUT2D eigenvalue weighted by atomic mass is 16.6. The van der Waals surface area contributed by atoms with Crippen molar-refractivity contribution in [1.29, 1.82) is 5.26 Å². The van der Waals surface area contributed by atoms with Crippen molar-refractivity contribution in [2.24, 2.45) is 5.73 Å². The van der Waals surface area contributed by atoms with E-state index in [4.69, 9.17) is 25.2 Å². The second-order valence-corrected chi connectivity index (χ2v) is 5.36. The van der Waals surface area contributed by atoms with Gasteiger partial charge in [0.2, 0.25) is 0 Å². The van der Waals surface area contributed by atoms with E-state index in [1.54, 1.807) is 0 Å². The molecule has 1 aliphatic rings. The van der Waals surface area contributed by atoms with Crippen molar-refractivity contribution in [2.45, 2.75) is 45.1 Å². The molecule has 0 spiro atoms. The van der Waals surface area contributed by atoms with E-state index in [2.05, 4.69) is 10.3 Å². The first-order chi connectivity index (χ1) is 11.8. The molecule has 2 heterocycles. The second-order valence-electron chi connectivity index (χ2n) is 5.36.